The lowest BCUT2D eigenvalue weighted by Crippen LogP contribution is -2.39. The highest BCUT2D eigenvalue weighted by Gasteiger charge is 2.24. The molecule has 1 saturated heterocycles. The Labute approximate surface area is 137 Å². The third kappa shape index (κ3) is 3.61. The highest BCUT2D eigenvalue weighted by Crippen LogP contribution is 2.27. The molecule has 1 aromatic carbocycles. The first-order valence-electron chi connectivity index (χ1n) is 7.81. The molecule has 3 rings (SSSR count). The van der Waals surface area contributed by atoms with Crippen LogP contribution in [0.1, 0.15) is 12.8 Å². The molecule has 0 unspecified atom stereocenters. The number of fused-ring (bicyclic) bond motifs is 1. The molecule has 0 saturated carbocycles. The normalized spacial score (nSPS) is 17.1. The summed E-state index contributed by atoms with van der Waals surface area (Å²) in [5.74, 6) is 1.38. The van der Waals surface area contributed by atoms with E-state index in [-0.39, 0.29) is 0 Å². The van der Waals surface area contributed by atoms with Crippen LogP contribution in [0.2, 0.25) is 0 Å². The van der Waals surface area contributed by atoms with Crippen LogP contribution in [-0.2, 0) is 10.0 Å². The van der Waals surface area contributed by atoms with Gasteiger partial charge in [0.15, 0.2) is 0 Å². The molecule has 0 spiro atoms. The Balaban J connectivity index is 1.69. The molecule has 0 N–H and O–H groups in total. The lowest BCUT2D eigenvalue weighted by atomic mass is 9.96. The van der Waals surface area contributed by atoms with Gasteiger partial charge in [-0.3, -0.25) is 0 Å². The van der Waals surface area contributed by atoms with E-state index in [2.05, 4.69) is 14.9 Å². The minimum atomic E-state index is -3.10. The number of nitrogens with zero attached hydrogens (tertiary/aromatic N) is 4. The molecule has 1 aliphatic heterocycles. The molecule has 2 heterocycles. The van der Waals surface area contributed by atoms with Crippen LogP contribution < -0.4 is 4.90 Å². The molecule has 0 aliphatic carbocycles. The van der Waals surface area contributed by atoms with E-state index in [0.29, 0.717) is 12.5 Å². The van der Waals surface area contributed by atoms with Crippen molar-refractivity contribution in [3.63, 3.8) is 0 Å². The first kappa shape index (κ1) is 16.1. The first-order valence-corrected chi connectivity index (χ1v) is 9.66. The van der Waals surface area contributed by atoms with Gasteiger partial charge in [0.1, 0.15) is 12.1 Å². The number of anilines is 1. The topological polar surface area (TPSA) is 66.4 Å². The summed E-state index contributed by atoms with van der Waals surface area (Å²) in [6, 6.07) is 8.03. The van der Waals surface area contributed by atoms with Crippen molar-refractivity contribution >= 4 is 26.7 Å². The van der Waals surface area contributed by atoms with Crippen LogP contribution in [0.3, 0.4) is 0 Å². The van der Waals surface area contributed by atoms with Crippen molar-refractivity contribution in [1.82, 2.24) is 14.3 Å². The zero-order valence-corrected chi connectivity index (χ0v) is 14.3. The molecule has 23 heavy (non-hydrogen) atoms. The van der Waals surface area contributed by atoms with Gasteiger partial charge < -0.3 is 4.90 Å². The number of piperidine rings is 1. The zero-order valence-electron chi connectivity index (χ0n) is 13.5. The van der Waals surface area contributed by atoms with Crippen LogP contribution in [-0.4, -0.2) is 55.6 Å². The number of hydrogen-bond acceptors (Lipinski definition) is 5. The molecule has 0 atom stereocenters. The van der Waals surface area contributed by atoms with Gasteiger partial charge in [0.25, 0.3) is 0 Å². The summed E-state index contributed by atoms with van der Waals surface area (Å²) in [6.07, 6.45) is 4.81. The highest BCUT2D eigenvalue weighted by atomic mass is 32.2. The van der Waals surface area contributed by atoms with Crippen LogP contribution >= 0.6 is 0 Å². The largest absolute Gasteiger partial charge is 0.356 e. The molecule has 1 fully saturated rings. The molecule has 124 valence electrons. The van der Waals surface area contributed by atoms with E-state index in [1.165, 1.54) is 10.6 Å². The quantitative estimate of drug-likeness (QED) is 0.852. The molecule has 7 heteroatoms. The summed E-state index contributed by atoms with van der Waals surface area (Å²) in [7, 11) is -1.45. The first-order chi connectivity index (χ1) is 10.9. The Morgan fingerprint density at radius 2 is 1.91 bits per heavy atom. The maximum absolute atomic E-state index is 11.5. The van der Waals surface area contributed by atoms with Crippen molar-refractivity contribution in [2.24, 2.45) is 5.92 Å². The molecule has 0 bridgehead atoms. The molecular formula is C16H22N4O2S. The fraction of sp³-hybridized carbons (Fsp3) is 0.500. The lowest BCUT2D eigenvalue weighted by Gasteiger charge is -2.34. The van der Waals surface area contributed by atoms with Gasteiger partial charge in [0.05, 0.1) is 11.8 Å². The van der Waals surface area contributed by atoms with E-state index in [1.807, 2.05) is 24.3 Å². The summed E-state index contributed by atoms with van der Waals surface area (Å²) in [5.41, 5.74) is 0.955. The van der Waals surface area contributed by atoms with Crippen LogP contribution in [0, 0.1) is 5.92 Å². The van der Waals surface area contributed by atoms with E-state index >= 15 is 0 Å². The van der Waals surface area contributed by atoms with Crippen molar-refractivity contribution in [1.29, 1.82) is 0 Å². The third-order valence-electron chi connectivity index (χ3n) is 4.52. The maximum atomic E-state index is 11.5. The average Bonchev–Trinajstić information content (AvgIpc) is 2.54. The molecule has 1 aliphatic rings. The summed E-state index contributed by atoms with van der Waals surface area (Å²) < 4.78 is 24.5. The lowest BCUT2D eigenvalue weighted by molar-refractivity contribution is 0.329. The summed E-state index contributed by atoms with van der Waals surface area (Å²) in [5, 5.41) is 1.07. The average molecular weight is 334 g/mol. The van der Waals surface area contributed by atoms with E-state index in [1.54, 1.807) is 13.4 Å². The SMILES string of the molecule is CN(CC1CCN(c2ncnc3ccccc23)CC1)S(C)(=O)=O. The van der Waals surface area contributed by atoms with Gasteiger partial charge in [-0.05, 0) is 30.9 Å². The van der Waals surface area contributed by atoms with Gasteiger partial charge in [-0.25, -0.2) is 22.7 Å². The van der Waals surface area contributed by atoms with Gasteiger partial charge in [-0.15, -0.1) is 0 Å². The van der Waals surface area contributed by atoms with E-state index in [9.17, 15) is 8.42 Å². The highest BCUT2D eigenvalue weighted by molar-refractivity contribution is 7.88. The molecule has 6 nitrogen and oxygen atoms in total. The molecule has 0 radical (unpaired) electrons. The Morgan fingerprint density at radius 1 is 1.22 bits per heavy atom. The molecule has 1 aromatic heterocycles. The van der Waals surface area contributed by atoms with Gasteiger partial charge in [0, 0.05) is 32.1 Å². The molecule has 2 aromatic rings. The number of hydrogen-bond donors (Lipinski definition) is 0. The monoisotopic (exact) mass is 334 g/mol. The van der Waals surface area contributed by atoms with Crippen molar-refractivity contribution in [2.45, 2.75) is 12.8 Å². The second-order valence-electron chi connectivity index (χ2n) is 6.19. The van der Waals surface area contributed by atoms with Crippen molar-refractivity contribution in [2.75, 3.05) is 37.8 Å². The molecule has 0 amide bonds. The van der Waals surface area contributed by atoms with E-state index < -0.39 is 10.0 Å². The second-order valence-corrected chi connectivity index (χ2v) is 8.28. The number of sulfonamides is 1. The Morgan fingerprint density at radius 3 is 2.61 bits per heavy atom. The Hall–Kier alpha value is -1.73. The summed E-state index contributed by atoms with van der Waals surface area (Å²) in [6.45, 7) is 2.38. The zero-order chi connectivity index (χ0) is 16.4. The van der Waals surface area contributed by atoms with Gasteiger partial charge in [0.2, 0.25) is 10.0 Å². The number of aromatic nitrogens is 2. The van der Waals surface area contributed by atoms with Crippen LogP contribution in [0.25, 0.3) is 10.9 Å². The minimum absolute atomic E-state index is 0.402. The van der Waals surface area contributed by atoms with Crippen molar-refractivity contribution in [3.8, 4) is 0 Å². The van der Waals surface area contributed by atoms with Gasteiger partial charge in [-0.2, -0.15) is 0 Å². The predicted octanol–water partition coefficient (Wildman–Crippen LogP) is 1.74. The van der Waals surface area contributed by atoms with Crippen LogP contribution in [0.15, 0.2) is 30.6 Å². The van der Waals surface area contributed by atoms with E-state index in [4.69, 9.17) is 0 Å². The maximum Gasteiger partial charge on any atom is 0.210 e. The van der Waals surface area contributed by atoms with Crippen molar-refractivity contribution in [3.05, 3.63) is 30.6 Å². The van der Waals surface area contributed by atoms with Gasteiger partial charge >= 0.3 is 0 Å². The van der Waals surface area contributed by atoms with E-state index in [0.717, 1.165) is 42.7 Å². The van der Waals surface area contributed by atoms with Crippen LogP contribution in [0.5, 0.6) is 0 Å². The third-order valence-corrected chi connectivity index (χ3v) is 5.80. The number of benzene rings is 1. The molecular weight excluding hydrogens is 312 g/mol. The fourth-order valence-electron chi connectivity index (χ4n) is 3.07. The summed E-state index contributed by atoms with van der Waals surface area (Å²) >= 11 is 0. The van der Waals surface area contributed by atoms with Crippen molar-refractivity contribution < 1.29 is 8.42 Å². The fourth-order valence-corrected chi connectivity index (χ4v) is 3.55. The van der Waals surface area contributed by atoms with Gasteiger partial charge in [-0.1, -0.05) is 12.1 Å². The predicted molar refractivity (Wildman–Crippen MR) is 91.9 cm³/mol. The Bertz CT molecular complexity index is 780. The second kappa shape index (κ2) is 6.41. The Kier molecular flexibility index (Phi) is 4.50. The number of rotatable bonds is 4. The number of para-hydroxylation sites is 1. The minimum Gasteiger partial charge on any atom is -0.356 e. The standard InChI is InChI=1S/C16H22N4O2S/c1-19(23(2,21)22)11-13-7-9-20(10-8-13)16-14-5-3-4-6-15(14)17-12-18-16/h3-6,12-13H,7-11H2,1-2H3. The summed E-state index contributed by atoms with van der Waals surface area (Å²) in [4.78, 5) is 11.0. The smallest absolute Gasteiger partial charge is 0.210 e. The van der Waals surface area contributed by atoms with Crippen LogP contribution in [0.4, 0.5) is 5.82 Å².